The second kappa shape index (κ2) is 10.5. The van der Waals surface area contributed by atoms with Gasteiger partial charge in [0.15, 0.2) is 0 Å². The van der Waals surface area contributed by atoms with Gasteiger partial charge in [0, 0.05) is 31.4 Å². The molecule has 0 fully saturated rings. The number of rotatable bonds is 9. The van der Waals surface area contributed by atoms with Crippen LogP contribution in [0.1, 0.15) is 18.4 Å². The zero-order chi connectivity index (χ0) is 23.0. The lowest BCUT2D eigenvalue weighted by Gasteiger charge is -2.36. The lowest BCUT2D eigenvalue weighted by molar-refractivity contribution is -0.138. The number of nitrogens with zero attached hydrogens (tertiary/aromatic N) is 2. The summed E-state index contributed by atoms with van der Waals surface area (Å²) in [5, 5.41) is 15.3. The van der Waals surface area contributed by atoms with Gasteiger partial charge < -0.3 is 25.4 Å². The van der Waals surface area contributed by atoms with E-state index < -0.39 is 12.1 Å². The zero-order valence-corrected chi connectivity index (χ0v) is 18.1. The third kappa shape index (κ3) is 6.22. The topological polar surface area (TPSA) is 104 Å². The Hall–Kier alpha value is -4.07. The highest BCUT2D eigenvalue weighted by Gasteiger charge is 2.28. The van der Waals surface area contributed by atoms with Gasteiger partial charge in [0.25, 0.3) is 0 Å². The van der Waals surface area contributed by atoms with Crippen molar-refractivity contribution < 1.29 is 19.4 Å². The van der Waals surface area contributed by atoms with Crippen LogP contribution in [0.3, 0.4) is 0 Å². The second-order valence-electron chi connectivity index (χ2n) is 7.83. The Morgan fingerprint density at radius 1 is 1.09 bits per heavy atom. The minimum atomic E-state index is -0.897. The summed E-state index contributed by atoms with van der Waals surface area (Å²) in [7, 11) is 0. The van der Waals surface area contributed by atoms with E-state index in [0.717, 1.165) is 17.1 Å². The molecule has 0 aliphatic carbocycles. The maximum absolute atomic E-state index is 12.4. The van der Waals surface area contributed by atoms with Gasteiger partial charge in [-0.2, -0.15) is 0 Å². The molecule has 3 N–H and O–H groups in total. The second-order valence-corrected chi connectivity index (χ2v) is 7.83. The Labute approximate surface area is 192 Å². The van der Waals surface area contributed by atoms with E-state index in [1.54, 1.807) is 18.3 Å². The maximum atomic E-state index is 12.4. The van der Waals surface area contributed by atoms with Crippen LogP contribution >= 0.6 is 0 Å². The number of hydrogen-bond acceptors (Lipinski definition) is 6. The Balaban J connectivity index is 1.44. The number of pyridine rings is 1. The van der Waals surface area contributed by atoms with Crippen molar-refractivity contribution in [3.63, 3.8) is 0 Å². The summed E-state index contributed by atoms with van der Waals surface area (Å²) in [6.45, 7) is 1.52. The van der Waals surface area contributed by atoms with Crippen molar-refractivity contribution in [1.29, 1.82) is 0 Å². The lowest BCUT2D eigenvalue weighted by Crippen LogP contribution is -2.40. The Bertz CT molecular complexity index is 1090. The molecular weight excluding hydrogens is 420 g/mol. The number of anilines is 3. The molecule has 1 aliphatic heterocycles. The smallest absolute Gasteiger partial charge is 0.307 e. The first-order valence-electron chi connectivity index (χ1n) is 10.8. The predicted octanol–water partition coefficient (Wildman–Crippen LogP) is 3.76. The van der Waals surface area contributed by atoms with Gasteiger partial charge in [-0.05, 0) is 35.9 Å². The summed E-state index contributed by atoms with van der Waals surface area (Å²) in [6.07, 6.45) is 1.46. The van der Waals surface area contributed by atoms with Gasteiger partial charge in [0.2, 0.25) is 5.91 Å². The first kappa shape index (κ1) is 22.1. The molecule has 170 valence electrons. The molecule has 0 saturated heterocycles. The van der Waals surface area contributed by atoms with E-state index in [1.165, 1.54) is 0 Å². The number of fused-ring (bicyclic) bond motifs is 1. The zero-order valence-electron chi connectivity index (χ0n) is 18.1. The number of aromatic nitrogens is 1. The number of hydrogen-bond donors (Lipinski definition) is 3. The quantitative estimate of drug-likeness (QED) is 0.460. The number of carboxylic acids is 1. The van der Waals surface area contributed by atoms with Crippen LogP contribution in [0, 0.1) is 0 Å². The monoisotopic (exact) mass is 446 g/mol. The lowest BCUT2D eigenvalue weighted by atomic mass is 10.1. The molecule has 8 heteroatoms. The van der Waals surface area contributed by atoms with Crippen molar-refractivity contribution in [2.75, 3.05) is 28.6 Å². The van der Waals surface area contributed by atoms with Crippen LogP contribution in [0.5, 0.6) is 5.75 Å². The minimum absolute atomic E-state index is 0.0769. The average Bonchev–Trinajstić information content (AvgIpc) is 2.80. The molecule has 1 aliphatic rings. The summed E-state index contributed by atoms with van der Waals surface area (Å²) in [5.74, 6) is 0.321. The van der Waals surface area contributed by atoms with Crippen LogP contribution in [0.15, 0.2) is 72.9 Å². The number of amides is 1. The Morgan fingerprint density at radius 3 is 2.67 bits per heavy atom. The molecule has 1 atom stereocenters. The molecule has 8 nitrogen and oxygen atoms in total. The number of aliphatic carboxylic acids is 1. The van der Waals surface area contributed by atoms with Crippen molar-refractivity contribution >= 4 is 29.1 Å². The van der Waals surface area contributed by atoms with E-state index in [9.17, 15) is 14.7 Å². The fourth-order valence-corrected chi connectivity index (χ4v) is 3.75. The molecule has 4 rings (SSSR count). The van der Waals surface area contributed by atoms with E-state index in [4.69, 9.17) is 4.74 Å². The van der Waals surface area contributed by atoms with Gasteiger partial charge in [0.05, 0.1) is 18.7 Å². The largest absolute Gasteiger partial charge is 0.486 e. The van der Waals surface area contributed by atoms with Crippen molar-refractivity contribution in [2.24, 2.45) is 0 Å². The van der Waals surface area contributed by atoms with Gasteiger partial charge in [-0.1, -0.05) is 36.4 Å². The molecule has 1 amide bonds. The maximum Gasteiger partial charge on any atom is 0.307 e. The number of ether oxygens (including phenoxy) is 1. The Morgan fingerprint density at radius 2 is 1.91 bits per heavy atom. The fourth-order valence-electron chi connectivity index (χ4n) is 3.75. The van der Waals surface area contributed by atoms with E-state index in [2.05, 4.69) is 20.5 Å². The molecule has 2 heterocycles. The van der Waals surface area contributed by atoms with Crippen LogP contribution in [0.4, 0.5) is 17.2 Å². The number of carbonyl (C=O) groups excluding carboxylic acids is 1. The SMILES string of the molecule is O=C(O)CC1CN(Cc2ccccc2)c2cc(NC(=O)CCNc3ccccn3)ccc2O1. The van der Waals surface area contributed by atoms with Crippen molar-refractivity contribution in [1.82, 2.24) is 4.98 Å². The minimum Gasteiger partial charge on any atom is -0.486 e. The molecule has 0 bridgehead atoms. The number of carboxylic acid groups (broad SMARTS) is 1. The fraction of sp³-hybridized carbons (Fsp3) is 0.240. The first-order chi connectivity index (χ1) is 16.1. The summed E-state index contributed by atoms with van der Waals surface area (Å²) in [5.41, 5.74) is 2.59. The average molecular weight is 447 g/mol. The van der Waals surface area contributed by atoms with Crippen LogP contribution < -0.4 is 20.3 Å². The first-order valence-corrected chi connectivity index (χ1v) is 10.8. The summed E-state index contributed by atoms with van der Waals surface area (Å²) in [6, 6.07) is 21.0. The summed E-state index contributed by atoms with van der Waals surface area (Å²) in [4.78, 5) is 29.9. The molecule has 2 aromatic carbocycles. The number of nitrogens with one attached hydrogen (secondary N) is 2. The molecule has 0 saturated carbocycles. The van der Waals surface area contributed by atoms with E-state index >= 15 is 0 Å². The predicted molar refractivity (Wildman–Crippen MR) is 127 cm³/mol. The normalized spacial score (nSPS) is 14.7. The molecule has 0 radical (unpaired) electrons. The van der Waals surface area contributed by atoms with Crippen molar-refractivity contribution in [3.8, 4) is 5.75 Å². The molecule has 1 unspecified atom stereocenters. The molecule has 33 heavy (non-hydrogen) atoms. The van der Waals surface area contributed by atoms with Crippen LogP contribution in [0.25, 0.3) is 0 Å². The molecular formula is C25H26N4O4. The molecule has 1 aromatic heterocycles. The highest BCUT2D eigenvalue weighted by molar-refractivity contribution is 5.92. The van der Waals surface area contributed by atoms with Gasteiger partial charge in [-0.25, -0.2) is 4.98 Å². The number of carbonyl (C=O) groups is 2. The highest BCUT2D eigenvalue weighted by Crippen LogP contribution is 2.37. The van der Waals surface area contributed by atoms with Crippen LogP contribution in [0.2, 0.25) is 0 Å². The highest BCUT2D eigenvalue weighted by atomic mass is 16.5. The third-order valence-electron chi connectivity index (χ3n) is 5.24. The van der Waals surface area contributed by atoms with Gasteiger partial charge in [0.1, 0.15) is 17.7 Å². The van der Waals surface area contributed by atoms with E-state index in [1.807, 2.05) is 54.6 Å². The Kier molecular flexibility index (Phi) is 7.04. The van der Waals surface area contributed by atoms with Crippen LogP contribution in [-0.4, -0.2) is 41.2 Å². The van der Waals surface area contributed by atoms with Gasteiger partial charge in [-0.15, -0.1) is 0 Å². The van der Waals surface area contributed by atoms with Gasteiger partial charge >= 0.3 is 5.97 Å². The summed E-state index contributed by atoms with van der Waals surface area (Å²) < 4.78 is 5.93. The van der Waals surface area contributed by atoms with Crippen LogP contribution in [-0.2, 0) is 16.1 Å². The van der Waals surface area contributed by atoms with Gasteiger partial charge in [-0.3, -0.25) is 9.59 Å². The molecule has 3 aromatic rings. The number of benzene rings is 2. The molecule has 0 spiro atoms. The summed E-state index contributed by atoms with van der Waals surface area (Å²) >= 11 is 0. The van der Waals surface area contributed by atoms with Crippen molar-refractivity contribution in [3.05, 3.63) is 78.5 Å². The standard InChI is InChI=1S/C25H26N4O4/c30-24(11-13-27-23-8-4-5-12-26-23)28-19-9-10-22-21(14-19)29(16-18-6-2-1-3-7-18)17-20(33-22)15-25(31)32/h1-10,12,14,20H,11,13,15-17H2,(H,26,27)(H,28,30)(H,31,32). The third-order valence-corrected chi connectivity index (χ3v) is 5.24. The van der Waals surface area contributed by atoms with E-state index in [-0.39, 0.29) is 12.3 Å². The van der Waals surface area contributed by atoms with Crippen molar-refractivity contribution in [2.45, 2.75) is 25.5 Å². The van der Waals surface area contributed by atoms with E-state index in [0.29, 0.717) is 37.5 Å².